The number of benzene rings is 2. The molecule has 0 aliphatic heterocycles. The van der Waals surface area contributed by atoms with Crippen molar-refractivity contribution in [2.45, 2.75) is 19.9 Å². The summed E-state index contributed by atoms with van der Waals surface area (Å²) in [5.74, 6) is -2.41. The Hall–Kier alpha value is -3.13. The van der Waals surface area contributed by atoms with Crippen LogP contribution in [0.25, 0.3) is 6.08 Å². The number of carboxylic acids is 1. The Bertz CT molecular complexity index is 937. The third-order valence-electron chi connectivity index (χ3n) is 4.23. The predicted molar refractivity (Wildman–Crippen MR) is 114 cm³/mol. The summed E-state index contributed by atoms with van der Waals surface area (Å²) in [7, 11) is 1.54. The van der Waals surface area contributed by atoms with Gasteiger partial charge in [0.05, 0.1) is 19.1 Å². The molecule has 158 valence electrons. The third kappa shape index (κ3) is 6.45. The van der Waals surface area contributed by atoms with Gasteiger partial charge in [-0.15, -0.1) is 0 Å². The van der Waals surface area contributed by atoms with E-state index in [0.29, 0.717) is 16.9 Å². The number of hydrogen-bond acceptors (Lipinski definition) is 5. The zero-order valence-corrected chi connectivity index (χ0v) is 18.4. The highest BCUT2D eigenvalue weighted by Gasteiger charge is 2.21. The molecule has 2 aromatic rings. The minimum atomic E-state index is -1.40. The molecule has 2 aromatic carbocycles. The Balaban J connectivity index is 2.33. The Morgan fingerprint density at radius 3 is 2.13 bits per heavy atom. The van der Waals surface area contributed by atoms with Crippen LogP contribution in [-0.4, -0.2) is 30.9 Å². The zero-order chi connectivity index (χ0) is 22.3. The molecule has 30 heavy (non-hydrogen) atoms. The number of hydrogen-bond donors (Lipinski definition) is 2. The van der Waals surface area contributed by atoms with Gasteiger partial charge in [-0.1, -0.05) is 41.9 Å². The monoisotopic (exact) mass is 473 g/mol. The summed E-state index contributed by atoms with van der Waals surface area (Å²) in [6.07, 6.45) is 1.46. The quantitative estimate of drug-likeness (QED) is 0.570. The van der Waals surface area contributed by atoms with E-state index in [-0.39, 0.29) is 5.70 Å². The maximum absolute atomic E-state index is 12.8. The molecule has 1 atom stereocenters. The lowest BCUT2D eigenvalue weighted by Gasteiger charge is -2.24. The average molecular weight is 474 g/mol. The summed E-state index contributed by atoms with van der Waals surface area (Å²) in [6.45, 7) is 3.29. The van der Waals surface area contributed by atoms with Crippen LogP contribution in [0.15, 0.2) is 58.7 Å². The fourth-order valence-electron chi connectivity index (χ4n) is 2.54. The van der Waals surface area contributed by atoms with Gasteiger partial charge < -0.3 is 25.3 Å². The molecule has 0 heterocycles. The maximum atomic E-state index is 12.8. The van der Waals surface area contributed by atoms with E-state index in [1.807, 2.05) is 0 Å². The molecule has 0 bridgehead atoms. The van der Waals surface area contributed by atoms with Crippen molar-refractivity contribution >= 4 is 39.8 Å². The molecule has 0 fully saturated rings. The molecule has 0 unspecified atom stereocenters. The van der Waals surface area contributed by atoms with Crippen molar-refractivity contribution in [2.24, 2.45) is 5.92 Å². The first-order valence-electron chi connectivity index (χ1n) is 9.15. The summed E-state index contributed by atoms with van der Waals surface area (Å²) in [5.41, 5.74) is 0.860. The van der Waals surface area contributed by atoms with Gasteiger partial charge in [-0.3, -0.25) is 9.59 Å². The molecule has 0 aliphatic rings. The van der Waals surface area contributed by atoms with Crippen LogP contribution < -0.4 is 20.5 Å². The summed E-state index contributed by atoms with van der Waals surface area (Å²) in [6, 6.07) is 12.2. The standard InChI is InChI=1S/C22H23BrN2O5/c1-13(2)19(22(28)29)25-21(27)18(12-14-4-10-17(30-3)11-5-14)24-20(26)15-6-8-16(23)9-7-15/h4-13,19H,1-3H3,(H,24,26)(H,25,27)(H,28,29)/p-1/b18-12-/t19-/m0/s1. The van der Waals surface area contributed by atoms with Crippen molar-refractivity contribution in [3.8, 4) is 5.75 Å². The van der Waals surface area contributed by atoms with E-state index in [0.717, 1.165) is 4.47 Å². The molecule has 2 amide bonds. The van der Waals surface area contributed by atoms with Crippen molar-refractivity contribution in [1.29, 1.82) is 0 Å². The van der Waals surface area contributed by atoms with E-state index in [2.05, 4.69) is 26.6 Å². The van der Waals surface area contributed by atoms with Crippen LogP contribution in [0.1, 0.15) is 29.8 Å². The first kappa shape index (κ1) is 23.2. The summed E-state index contributed by atoms with van der Waals surface area (Å²) < 4.78 is 5.92. The average Bonchev–Trinajstić information content (AvgIpc) is 2.71. The fourth-order valence-corrected chi connectivity index (χ4v) is 2.80. The molecule has 8 heteroatoms. The van der Waals surface area contributed by atoms with E-state index in [9.17, 15) is 19.5 Å². The van der Waals surface area contributed by atoms with Crippen LogP contribution in [-0.2, 0) is 9.59 Å². The molecular formula is C22H22BrN2O5-. The molecule has 0 spiro atoms. The molecule has 0 aliphatic carbocycles. The van der Waals surface area contributed by atoms with Crippen molar-refractivity contribution in [2.75, 3.05) is 7.11 Å². The number of amides is 2. The van der Waals surface area contributed by atoms with Gasteiger partial charge >= 0.3 is 0 Å². The lowest BCUT2D eigenvalue weighted by Crippen LogP contribution is -2.52. The number of methoxy groups -OCH3 is 1. The summed E-state index contributed by atoms with van der Waals surface area (Å²) in [5, 5.41) is 16.3. The fraction of sp³-hybridized carbons (Fsp3) is 0.227. The lowest BCUT2D eigenvalue weighted by atomic mass is 10.0. The van der Waals surface area contributed by atoms with E-state index in [1.165, 1.54) is 13.2 Å². The van der Waals surface area contributed by atoms with Crippen LogP contribution in [0, 0.1) is 5.92 Å². The first-order valence-corrected chi connectivity index (χ1v) is 9.95. The molecule has 7 nitrogen and oxygen atoms in total. The molecule has 0 saturated carbocycles. The van der Waals surface area contributed by atoms with Crippen LogP contribution >= 0.6 is 15.9 Å². The SMILES string of the molecule is COc1ccc(/C=C(\NC(=O)c2ccc(Br)cc2)C(=O)N[C@H](C(=O)[O-])C(C)C)cc1. The number of halogens is 1. The number of rotatable bonds is 8. The topological polar surface area (TPSA) is 108 Å². The van der Waals surface area contributed by atoms with Gasteiger partial charge in [-0.25, -0.2) is 0 Å². The summed E-state index contributed by atoms with van der Waals surface area (Å²) >= 11 is 3.30. The van der Waals surface area contributed by atoms with Gasteiger partial charge in [-0.05, 0) is 54.0 Å². The second-order valence-corrected chi connectivity index (χ2v) is 7.72. The van der Waals surface area contributed by atoms with Crippen molar-refractivity contribution < 1.29 is 24.2 Å². The maximum Gasteiger partial charge on any atom is 0.268 e. The Morgan fingerprint density at radius 2 is 1.63 bits per heavy atom. The molecule has 2 N–H and O–H groups in total. The smallest absolute Gasteiger partial charge is 0.268 e. The molecule has 0 aromatic heterocycles. The van der Waals surface area contributed by atoms with E-state index in [4.69, 9.17) is 4.74 Å². The highest BCUT2D eigenvalue weighted by Crippen LogP contribution is 2.15. The largest absolute Gasteiger partial charge is 0.548 e. The van der Waals surface area contributed by atoms with Gasteiger partial charge in [0.2, 0.25) is 0 Å². The van der Waals surface area contributed by atoms with Crippen LogP contribution in [0.5, 0.6) is 5.75 Å². The lowest BCUT2D eigenvalue weighted by molar-refractivity contribution is -0.309. The number of carbonyl (C=O) groups is 3. The number of carboxylic acid groups (broad SMARTS) is 1. The Morgan fingerprint density at radius 1 is 1.03 bits per heavy atom. The minimum absolute atomic E-state index is 0.0972. The first-order chi connectivity index (χ1) is 14.2. The Labute approximate surface area is 183 Å². The van der Waals surface area contributed by atoms with Crippen LogP contribution in [0.3, 0.4) is 0 Å². The number of carbonyl (C=O) groups excluding carboxylic acids is 3. The van der Waals surface area contributed by atoms with Crippen molar-refractivity contribution in [3.05, 3.63) is 69.8 Å². The van der Waals surface area contributed by atoms with Crippen molar-refractivity contribution in [1.82, 2.24) is 10.6 Å². The second kappa shape index (κ2) is 10.6. The van der Waals surface area contributed by atoms with Gasteiger partial charge in [0.1, 0.15) is 11.4 Å². The second-order valence-electron chi connectivity index (χ2n) is 6.81. The van der Waals surface area contributed by atoms with Crippen LogP contribution in [0.2, 0.25) is 0 Å². The number of ether oxygens (including phenoxy) is 1. The molecule has 2 rings (SSSR count). The zero-order valence-electron chi connectivity index (χ0n) is 16.8. The van der Waals surface area contributed by atoms with Gasteiger partial charge in [0, 0.05) is 10.0 Å². The van der Waals surface area contributed by atoms with Gasteiger partial charge in [-0.2, -0.15) is 0 Å². The summed E-state index contributed by atoms with van der Waals surface area (Å²) in [4.78, 5) is 36.8. The highest BCUT2D eigenvalue weighted by molar-refractivity contribution is 9.10. The number of nitrogens with one attached hydrogen (secondary N) is 2. The molecule has 0 saturated heterocycles. The number of aliphatic carboxylic acids is 1. The van der Waals surface area contributed by atoms with Crippen LogP contribution in [0.4, 0.5) is 0 Å². The third-order valence-corrected chi connectivity index (χ3v) is 4.76. The Kier molecular flexibility index (Phi) is 8.17. The predicted octanol–water partition coefficient (Wildman–Crippen LogP) is 2.12. The molecule has 0 radical (unpaired) electrons. The van der Waals surface area contributed by atoms with Gasteiger partial charge in [0.15, 0.2) is 0 Å². The molecular weight excluding hydrogens is 452 g/mol. The highest BCUT2D eigenvalue weighted by atomic mass is 79.9. The van der Waals surface area contributed by atoms with E-state index >= 15 is 0 Å². The minimum Gasteiger partial charge on any atom is -0.548 e. The normalized spacial score (nSPS) is 12.2. The van der Waals surface area contributed by atoms with E-state index in [1.54, 1.807) is 62.4 Å². The van der Waals surface area contributed by atoms with Gasteiger partial charge in [0.25, 0.3) is 11.8 Å². The van der Waals surface area contributed by atoms with Crippen molar-refractivity contribution in [3.63, 3.8) is 0 Å². The van der Waals surface area contributed by atoms with E-state index < -0.39 is 29.7 Å².